The molecule has 4 nitrogen and oxygen atoms in total. The molecular weight excluding hydrogens is 364 g/mol. The lowest BCUT2D eigenvalue weighted by Crippen LogP contribution is -2.42. The molecule has 0 unspecified atom stereocenters. The molecule has 2 heterocycles. The van der Waals surface area contributed by atoms with Gasteiger partial charge in [-0.1, -0.05) is 91.0 Å². The largest absolute Gasteiger partial charge is 0.395 e. The number of ether oxygens (including phenoxy) is 2. The van der Waals surface area contributed by atoms with Gasteiger partial charge in [-0.2, -0.15) is 0 Å². The van der Waals surface area contributed by atoms with Crippen LogP contribution in [0.1, 0.15) is 35.0 Å². The lowest BCUT2D eigenvalue weighted by atomic mass is 9.67. The van der Waals surface area contributed by atoms with Crippen molar-refractivity contribution < 1.29 is 19.7 Å². The van der Waals surface area contributed by atoms with Gasteiger partial charge in [-0.3, -0.25) is 0 Å². The van der Waals surface area contributed by atoms with Gasteiger partial charge in [0.2, 0.25) is 0 Å². The standard InChI is InChI=1S/C25H24O4/c26-16-25-20(22(29-24(25)27)18-12-6-2-7-13-18)21(17-10-4-1-5-11-17)28-23(25)19-14-8-3-9-15-19/h1-15,20-24,26-27H,16H2/t20-,21-,22-,23+,24-,25+/m1/s1. The molecule has 5 rings (SSSR count). The molecule has 0 bridgehead atoms. The van der Waals surface area contributed by atoms with Crippen molar-refractivity contribution in [2.24, 2.45) is 11.3 Å². The Morgan fingerprint density at radius 3 is 1.59 bits per heavy atom. The molecule has 3 aromatic carbocycles. The molecule has 2 aliphatic heterocycles. The molecule has 0 aliphatic carbocycles. The van der Waals surface area contributed by atoms with Crippen LogP contribution in [0.15, 0.2) is 91.0 Å². The zero-order valence-electron chi connectivity index (χ0n) is 16.0. The van der Waals surface area contributed by atoms with Crippen molar-refractivity contribution in [3.63, 3.8) is 0 Å². The minimum atomic E-state index is -1.14. The second kappa shape index (κ2) is 7.39. The highest BCUT2D eigenvalue weighted by atomic mass is 16.6. The topological polar surface area (TPSA) is 58.9 Å². The van der Waals surface area contributed by atoms with E-state index in [1.165, 1.54) is 0 Å². The van der Waals surface area contributed by atoms with E-state index in [0.717, 1.165) is 16.7 Å². The number of aliphatic hydroxyl groups excluding tert-OH is 2. The molecule has 29 heavy (non-hydrogen) atoms. The van der Waals surface area contributed by atoms with Gasteiger partial charge >= 0.3 is 0 Å². The fourth-order valence-electron chi connectivity index (χ4n) is 5.04. The molecule has 0 saturated carbocycles. The van der Waals surface area contributed by atoms with Crippen LogP contribution < -0.4 is 0 Å². The molecule has 2 fully saturated rings. The lowest BCUT2D eigenvalue weighted by Gasteiger charge is -2.33. The third kappa shape index (κ3) is 2.83. The van der Waals surface area contributed by atoms with E-state index in [9.17, 15) is 10.2 Å². The van der Waals surface area contributed by atoms with E-state index in [4.69, 9.17) is 9.47 Å². The Bertz CT molecular complexity index is 946. The first-order valence-electron chi connectivity index (χ1n) is 10.0. The van der Waals surface area contributed by atoms with E-state index < -0.39 is 17.8 Å². The summed E-state index contributed by atoms with van der Waals surface area (Å²) < 4.78 is 12.7. The molecule has 0 radical (unpaired) electrons. The summed E-state index contributed by atoms with van der Waals surface area (Å²) in [4.78, 5) is 0. The summed E-state index contributed by atoms with van der Waals surface area (Å²) in [5.41, 5.74) is 1.97. The van der Waals surface area contributed by atoms with E-state index in [0.29, 0.717) is 0 Å². The second-order valence-electron chi connectivity index (χ2n) is 7.87. The molecule has 0 aromatic heterocycles. The maximum absolute atomic E-state index is 11.1. The van der Waals surface area contributed by atoms with E-state index >= 15 is 0 Å². The van der Waals surface area contributed by atoms with Gasteiger partial charge < -0.3 is 19.7 Å². The highest BCUT2D eigenvalue weighted by Gasteiger charge is 2.68. The van der Waals surface area contributed by atoms with Crippen molar-refractivity contribution in [2.75, 3.05) is 6.61 Å². The summed E-state index contributed by atoms with van der Waals surface area (Å²) in [6.07, 6.45) is -2.30. The smallest absolute Gasteiger partial charge is 0.166 e. The molecule has 3 aromatic rings. The van der Waals surface area contributed by atoms with Crippen LogP contribution >= 0.6 is 0 Å². The Hall–Kier alpha value is -2.50. The molecule has 0 spiro atoms. The molecule has 6 atom stereocenters. The highest BCUT2D eigenvalue weighted by molar-refractivity contribution is 5.32. The van der Waals surface area contributed by atoms with Gasteiger partial charge in [0.1, 0.15) is 0 Å². The fraction of sp³-hybridized carbons (Fsp3) is 0.280. The minimum absolute atomic E-state index is 0.231. The summed E-state index contributed by atoms with van der Waals surface area (Å²) in [5.74, 6) is -0.238. The first-order chi connectivity index (χ1) is 14.3. The maximum atomic E-state index is 11.1. The third-order valence-electron chi connectivity index (χ3n) is 6.41. The average molecular weight is 388 g/mol. The average Bonchev–Trinajstić information content (AvgIpc) is 3.29. The lowest BCUT2D eigenvalue weighted by molar-refractivity contribution is -0.180. The van der Waals surface area contributed by atoms with Crippen LogP contribution in [0.4, 0.5) is 0 Å². The molecule has 2 N–H and O–H groups in total. The monoisotopic (exact) mass is 388 g/mol. The zero-order chi connectivity index (χ0) is 19.8. The first-order valence-corrected chi connectivity index (χ1v) is 10.0. The zero-order valence-corrected chi connectivity index (χ0v) is 16.0. The van der Waals surface area contributed by atoms with Crippen LogP contribution in [0.3, 0.4) is 0 Å². The SMILES string of the molecule is OC[C@@]12[C@@H]([C@@H](c3ccccc3)O[C@H]1O)[C@@H](c1ccccc1)O[C@H]2c1ccccc1. The predicted molar refractivity (Wildman–Crippen MR) is 109 cm³/mol. The van der Waals surface area contributed by atoms with Gasteiger partial charge in [-0.05, 0) is 16.7 Å². The summed E-state index contributed by atoms with van der Waals surface area (Å²) in [6, 6.07) is 29.7. The molecule has 2 aliphatic rings. The Morgan fingerprint density at radius 2 is 1.10 bits per heavy atom. The molecule has 4 heteroatoms. The van der Waals surface area contributed by atoms with Gasteiger partial charge in [-0.25, -0.2) is 0 Å². The van der Waals surface area contributed by atoms with Crippen LogP contribution in [-0.2, 0) is 9.47 Å². The molecule has 0 amide bonds. The number of fused-ring (bicyclic) bond motifs is 1. The number of hydrogen-bond donors (Lipinski definition) is 2. The first kappa shape index (κ1) is 18.5. The maximum Gasteiger partial charge on any atom is 0.166 e. The summed E-state index contributed by atoms with van der Waals surface area (Å²) in [6.45, 7) is -0.231. The number of aliphatic hydroxyl groups is 2. The van der Waals surface area contributed by atoms with Crippen LogP contribution in [0.2, 0.25) is 0 Å². The van der Waals surface area contributed by atoms with E-state index in [1.54, 1.807) is 0 Å². The predicted octanol–water partition coefficient (Wildman–Crippen LogP) is 4.18. The quantitative estimate of drug-likeness (QED) is 0.704. The normalized spacial score (nSPS) is 33.5. The van der Waals surface area contributed by atoms with Crippen molar-refractivity contribution in [1.82, 2.24) is 0 Å². The summed E-state index contributed by atoms with van der Waals surface area (Å²) in [5, 5.41) is 21.8. The van der Waals surface area contributed by atoms with Gasteiger partial charge in [0.25, 0.3) is 0 Å². The van der Waals surface area contributed by atoms with Gasteiger partial charge in [0, 0.05) is 5.92 Å². The van der Waals surface area contributed by atoms with E-state index in [1.807, 2.05) is 91.0 Å². The van der Waals surface area contributed by atoms with Crippen molar-refractivity contribution >= 4 is 0 Å². The van der Waals surface area contributed by atoms with Gasteiger partial charge in [0.15, 0.2) is 6.29 Å². The van der Waals surface area contributed by atoms with Crippen molar-refractivity contribution in [3.8, 4) is 0 Å². The third-order valence-corrected chi connectivity index (χ3v) is 6.41. The molecule has 148 valence electrons. The second-order valence-corrected chi connectivity index (χ2v) is 7.87. The number of rotatable bonds is 4. The van der Waals surface area contributed by atoms with Crippen LogP contribution in [0.25, 0.3) is 0 Å². The van der Waals surface area contributed by atoms with Crippen molar-refractivity contribution in [3.05, 3.63) is 108 Å². The van der Waals surface area contributed by atoms with Gasteiger partial charge in [0.05, 0.1) is 30.3 Å². The van der Waals surface area contributed by atoms with Gasteiger partial charge in [-0.15, -0.1) is 0 Å². The molecule has 2 saturated heterocycles. The number of benzene rings is 3. The Balaban J connectivity index is 1.67. The number of hydrogen-bond acceptors (Lipinski definition) is 4. The minimum Gasteiger partial charge on any atom is -0.395 e. The molecular formula is C25H24O4. The van der Waals surface area contributed by atoms with E-state index in [2.05, 4.69) is 0 Å². The summed E-state index contributed by atoms with van der Waals surface area (Å²) in [7, 11) is 0. The van der Waals surface area contributed by atoms with Crippen LogP contribution in [0, 0.1) is 11.3 Å². The van der Waals surface area contributed by atoms with Crippen LogP contribution in [-0.4, -0.2) is 23.1 Å². The van der Waals surface area contributed by atoms with E-state index in [-0.39, 0.29) is 24.7 Å². The Labute approximate surface area is 170 Å². The van der Waals surface area contributed by atoms with Crippen molar-refractivity contribution in [1.29, 1.82) is 0 Å². The van der Waals surface area contributed by atoms with Crippen LogP contribution in [0.5, 0.6) is 0 Å². The Kier molecular flexibility index (Phi) is 4.72. The van der Waals surface area contributed by atoms with Crippen molar-refractivity contribution in [2.45, 2.75) is 24.6 Å². The summed E-state index contributed by atoms with van der Waals surface area (Å²) >= 11 is 0. The highest BCUT2D eigenvalue weighted by Crippen LogP contribution is 2.67. The fourth-order valence-corrected chi connectivity index (χ4v) is 5.04. The Morgan fingerprint density at radius 1 is 0.655 bits per heavy atom.